The zero-order valence-corrected chi connectivity index (χ0v) is 8.72. The second-order valence-electron chi connectivity index (χ2n) is 3.84. The minimum Gasteiger partial charge on any atom is -0.367 e. The molecule has 2 atom stereocenters. The van der Waals surface area contributed by atoms with Gasteiger partial charge in [0.2, 0.25) is 5.91 Å². The van der Waals surface area contributed by atoms with Crippen molar-refractivity contribution in [3.05, 3.63) is 0 Å². The van der Waals surface area contributed by atoms with Gasteiger partial charge in [-0.3, -0.25) is 4.79 Å². The Morgan fingerprint density at radius 1 is 1.44 bits per heavy atom. The molecule has 1 fully saturated rings. The quantitative estimate of drug-likeness (QED) is 0.754. The fourth-order valence-electron chi connectivity index (χ4n) is 1.59. The molecule has 0 saturated heterocycles. The highest BCUT2D eigenvalue weighted by Gasteiger charge is 2.28. The van der Waals surface area contributed by atoms with Crippen LogP contribution in [0.2, 0.25) is 0 Å². The number of hydrogen-bond donors (Lipinski definition) is 2. The Bertz CT molecular complexity index is 245. The zero-order chi connectivity index (χ0) is 12.2. The van der Waals surface area contributed by atoms with Crippen molar-refractivity contribution in [2.75, 3.05) is 13.2 Å². The van der Waals surface area contributed by atoms with Crippen LogP contribution in [0, 0.1) is 0 Å². The van der Waals surface area contributed by atoms with Crippen LogP contribution in [-0.2, 0) is 9.53 Å². The second kappa shape index (κ2) is 5.49. The van der Waals surface area contributed by atoms with Gasteiger partial charge in [0.1, 0.15) is 13.2 Å². The van der Waals surface area contributed by atoms with Crippen molar-refractivity contribution < 1.29 is 22.7 Å². The van der Waals surface area contributed by atoms with E-state index >= 15 is 0 Å². The van der Waals surface area contributed by atoms with Crippen molar-refractivity contribution in [2.24, 2.45) is 5.73 Å². The first-order valence-electron chi connectivity index (χ1n) is 5.09. The van der Waals surface area contributed by atoms with Gasteiger partial charge in [0.25, 0.3) is 0 Å². The third-order valence-corrected chi connectivity index (χ3v) is 2.42. The van der Waals surface area contributed by atoms with E-state index in [1.54, 1.807) is 5.32 Å². The van der Waals surface area contributed by atoms with Gasteiger partial charge in [-0.25, -0.2) is 0 Å². The molecule has 0 aliphatic heterocycles. The summed E-state index contributed by atoms with van der Waals surface area (Å²) in [5, 5.41) is 1.73. The summed E-state index contributed by atoms with van der Waals surface area (Å²) >= 11 is 0. The maximum Gasteiger partial charge on any atom is 0.405 e. The molecule has 1 aliphatic carbocycles. The van der Waals surface area contributed by atoms with Crippen LogP contribution >= 0.6 is 0 Å². The maximum absolute atomic E-state index is 11.7. The lowest BCUT2D eigenvalue weighted by Gasteiger charge is -2.16. The number of ether oxygens (including phenoxy) is 1. The molecule has 2 unspecified atom stereocenters. The molecule has 0 aromatic rings. The van der Waals surface area contributed by atoms with Crippen molar-refractivity contribution in [3.8, 4) is 0 Å². The SMILES string of the molecule is NC1CCCC1OCC(=O)NCC(F)(F)F. The Hall–Kier alpha value is -0.820. The molecule has 94 valence electrons. The van der Waals surface area contributed by atoms with Crippen LogP contribution in [0.3, 0.4) is 0 Å². The lowest BCUT2D eigenvalue weighted by Crippen LogP contribution is -2.39. The summed E-state index contributed by atoms with van der Waals surface area (Å²) in [6, 6.07) is -0.115. The molecule has 0 radical (unpaired) electrons. The van der Waals surface area contributed by atoms with Crippen molar-refractivity contribution in [2.45, 2.75) is 37.6 Å². The molecule has 1 aliphatic rings. The Kier molecular flexibility index (Phi) is 4.55. The average molecular weight is 240 g/mol. The number of carbonyl (C=O) groups is 1. The van der Waals surface area contributed by atoms with Crippen LogP contribution in [0.5, 0.6) is 0 Å². The van der Waals surface area contributed by atoms with E-state index in [1.807, 2.05) is 0 Å². The fraction of sp³-hybridized carbons (Fsp3) is 0.889. The van der Waals surface area contributed by atoms with Crippen LogP contribution in [0.1, 0.15) is 19.3 Å². The van der Waals surface area contributed by atoms with Gasteiger partial charge >= 0.3 is 6.18 Å². The van der Waals surface area contributed by atoms with Gasteiger partial charge in [-0.05, 0) is 19.3 Å². The number of alkyl halides is 3. The minimum atomic E-state index is -4.39. The molecular formula is C9H15F3N2O2. The lowest BCUT2D eigenvalue weighted by atomic mass is 10.2. The van der Waals surface area contributed by atoms with Crippen LogP contribution in [0.4, 0.5) is 13.2 Å². The van der Waals surface area contributed by atoms with Crippen LogP contribution in [0.25, 0.3) is 0 Å². The number of amides is 1. The predicted molar refractivity (Wildman–Crippen MR) is 50.6 cm³/mol. The molecule has 1 amide bonds. The third kappa shape index (κ3) is 4.80. The summed E-state index contributed by atoms with van der Waals surface area (Å²) < 4.78 is 40.4. The summed E-state index contributed by atoms with van der Waals surface area (Å²) in [6.45, 7) is -1.69. The standard InChI is InChI=1S/C9H15F3N2O2/c10-9(11,12)5-14-8(15)4-16-7-3-1-2-6(7)13/h6-7H,1-5,13H2,(H,14,15). The van der Waals surface area contributed by atoms with Crippen molar-refractivity contribution in [3.63, 3.8) is 0 Å². The summed E-state index contributed by atoms with van der Waals surface area (Å²) in [5.74, 6) is -0.767. The van der Waals surface area contributed by atoms with Crippen LogP contribution < -0.4 is 11.1 Å². The highest BCUT2D eigenvalue weighted by molar-refractivity contribution is 5.77. The van der Waals surface area contributed by atoms with E-state index in [-0.39, 0.29) is 18.8 Å². The Morgan fingerprint density at radius 3 is 2.62 bits per heavy atom. The highest BCUT2D eigenvalue weighted by atomic mass is 19.4. The predicted octanol–water partition coefficient (Wildman–Crippen LogP) is 0.561. The molecule has 0 spiro atoms. The van der Waals surface area contributed by atoms with E-state index < -0.39 is 18.6 Å². The van der Waals surface area contributed by atoms with Gasteiger partial charge in [-0.15, -0.1) is 0 Å². The van der Waals surface area contributed by atoms with Gasteiger partial charge in [0.15, 0.2) is 0 Å². The third-order valence-electron chi connectivity index (χ3n) is 2.42. The molecule has 0 aromatic heterocycles. The number of carbonyl (C=O) groups excluding carboxylic acids is 1. The van der Waals surface area contributed by atoms with Crippen molar-refractivity contribution in [1.82, 2.24) is 5.32 Å². The lowest BCUT2D eigenvalue weighted by molar-refractivity contribution is -0.142. The maximum atomic E-state index is 11.7. The number of nitrogens with one attached hydrogen (secondary N) is 1. The molecule has 4 nitrogen and oxygen atoms in total. The van der Waals surface area contributed by atoms with Gasteiger partial charge in [-0.1, -0.05) is 0 Å². The first-order valence-corrected chi connectivity index (χ1v) is 5.09. The average Bonchev–Trinajstić information content (AvgIpc) is 2.57. The monoisotopic (exact) mass is 240 g/mol. The topological polar surface area (TPSA) is 64.3 Å². The number of nitrogens with two attached hydrogens (primary N) is 1. The van der Waals surface area contributed by atoms with Crippen LogP contribution in [-0.4, -0.2) is 37.4 Å². The first-order chi connectivity index (χ1) is 7.38. The Morgan fingerprint density at radius 2 is 2.12 bits per heavy atom. The van der Waals surface area contributed by atoms with E-state index in [2.05, 4.69) is 0 Å². The number of rotatable bonds is 4. The van der Waals surface area contributed by atoms with Gasteiger partial charge in [-0.2, -0.15) is 13.2 Å². The number of hydrogen-bond acceptors (Lipinski definition) is 3. The van der Waals surface area contributed by atoms with Crippen LogP contribution in [0.15, 0.2) is 0 Å². The molecule has 1 rings (SSSR count). The fourth-order valence-corrected chi connectivity index (χ4v) is 1.59. The van der Waals surface area contributed by atoms with Gasteiger partial charge in [0, 0.05) is 6.04 Å². The molecule has 1 saturated carbocycles. The molecule has 0 heterocycles. The Labute approximate surface area is 91.3 Å². The summed E-state index contributed by atoms with van der Waals surface area (Å²) in [7, 11) is 0. The van der Waals surface area contributed by atoms with Crippen molar-refractivity contribution in [1.29, 1.82) is 0 Å². The molecule has 16 heavy (non-hydrogen) atoms. The smallest absolute Gasteiger partial charge is 0.367 e. The molecule has 3 N–H and O–H groups in total. The summed E-state index contributed by atoms with van der Waals surface area (Å²) in [4.78, 5) is 11.0. The Balaban J connectivity index is 2.15. The molecule has 0 bridgehead atoms. The highest BCUT2D eigenvalue weighted by Crippen LogP contribution is 2.20. The summed E-state index contributed by atoms with van der Waals surface area (Å²) in [5.41, 5.74) is 5.67. The molecular weight excluding hydrogens is 225 g/mol. The van der Waals surface area contributed by atoms with E-state index in [4.69, 9.17) is 10.5 Å². The van der Waals surface area contributed by atoms with E-state index in [0.29, 0.717) is 0 Å². The van der Waals surface area contributed by atoms with Crippen molar-refractivity contribution >= 4 is 5.91 Å². The second-order valence-corrected chi connectivity index (χ2v) is 3.84. The summed E-state index contributed by atoms with van der Waals surface area (Å²) in [6.07, 6.45) is -2.09. The van der Waals surface area contributed by atoms with Gasteiger partial charge in [0.05, 0.1) is 6.10 Å². The molecule has 0 aromatic carbocycles. The number of halogens is 3. The van der Waals surface area contributed by atoms with E-state index in [1.165, 1.54) is 0 Å². The first kappa shape index (κ1) is 13.2. The normalized spacial score (nSPS) is 25.8. The van der Waals surface area contributed by atoms with E-state index in [9.17, 15) is 18.0 Å². The molecule has 7 heteroatoms. The largest absolute Gasteiger partial charge is 0.405 e. The van der Waals surface area contributed by atoms with E-state index in [0.717, 1.165) is 19.3 Å². The minimum absolute atomic E-state index is 0.115. The van der Waals surface area contributed by atoms with Gasteiger partial charge < -0.3 is 15.8 Å². The zero-order valence-electron chi connectivity index (χ0n) is 8.72.